The molecule has 2 rings (SSSR count). The first-order valence-electron chi connectivity index (χ1n) is 4.20. The van der Waals surface area contributed by atoms with Crippen LogP contribution in [0.2, 0.25) is 0 Å². The smallest absolute Gasteiger partial charge is 0.483 e. The summed E-state index contributed by atoms with van der Waals surface area (Å²) in [5, 5.41) is 25.7. The summed E-state index contributed by atoms with van der Waals surface area (Å²) in [4.78, 5) is 11.4. The Morgan fingerprint density at radius 1 is 1.27 bits per heavy atom. The van der Waals surface area contributed by atoms with Crippen LogP contribution in [0.15, 0.2) is 30.5 Å². The molecule has 0 saturated heterocycles. The fraction of sp³-hybridized carbons (Fsp3) is 0. The Morgan fingerprint density at radius 2 is 1.93 bits per heavy atom. The standard InChI is InChI=1S/C8H8BNO2.CH2O2/c11-9(12)7-2-1-6-3-4-10-8(6)5-7;2-1-3/h1-5,10-12H;1H,(H,2,3). The lowest BCUT2D eigenvalue weighted by Crippen LogP contribution is -2.29. The molecule has 0 aliphatic carbocycles. The van der Waals surface area contributed by atoms with Crippen LogP contribution in [0, 0.1) is 0 Å². The maximum atomic E-state index is 8.86. The zero-order valence-electron chi connectivity index (χ0n) is 7.79. The largest absolute Gasteiger partial charge is 0.488 e. The lowest BCUT2D eigenvalue weighted by Gasteiger charge is -1.97. The molecule has 6 heteroatoms. The predicted octanol–water partition coefficient (Wildman–Crippen LogP) is -0.452. The van der Waals surface area contributed by atoms with Crippen LogP contribution < -0.4 is 5.46 Å². The van der Waals surface area contributed by atoms with Gasteiger partial charge in [-0.3, -0.25) is 4.79 Å². The van der Waals surface area contributed by atoms with Gasteiger partial charge in [0.15, 0.2) is 0 Å². The topological polar surface area (TPSA) is 93.6 Å². The van der Waals surface area contributed by atoms with Crippen molar-refractivity contribution in [2.75, 3.05) is 0 Å². The molecule has 0 atom stereocenters. The first kappa shape index (κ1) is 11.3. The highest BCUT2D eigenvalue weighted by Crippen LogP contribution is 2.08. The van der Waals surface area contributed by atoms with Crippen molar-refractivity contribution in [2.45, 2.75) is 0 Å². The summed E-state index contributed by atoms with van der Waals surface area (Å²) < 4.78 is 0. The van der Waals surface area contributed by atoms with E-state index in [9.17, 15) is 0 Å². The Labute approximate surface area is 86.1 Å². The predicted molar refractivity (Wildman–Crippen MR) is 56.8 cm³/mol. The molecule has 1 heterocycles. The van der Waals surface area contributed by atoms with Crippen molar-refractivity contribution in [3.63, 3.8) is 0 Å². The maximum Gasteiger partial charge on any atom is 0.488 e. The van der Waals surface area contributed by atoms with Crippen LogP contribution in [0.1, 0.15) is 0 Å². The van der Waals surface area contributed by atoms with E-state index >= 15 is 0 Å². The van der Waals surface area contributed by atoms with Crippen molar-refractivity contribution in [1.82, 2.24) is 4.98 Å². The molecule has 5 nitrogen and oxygen atoms in total. The number of carbonyl (C=O) groups is 1. The quantitative estimate of drug-likeness (QED) is 0.376. The van der Waals surface area contributed by atoms with Crippen molar-refractivity contribution >= 4 is 30.0 Å². The Balaban J connectivity index is 0.000000337. The van der Waals surface area contributed by atoms with Crippen LogP contribution in [-0.4, -0.2) is 33.7 Å². The zero-order chi connectivity index (χ0) is 11.3. The second-order valence-electron chi connectivity index (χ2n) is 2.80. The van der Waals surface area contributed by atoms with Crippen LogP contribution in [0.4, 0.5) is 0 Å². The first-order valence-corrected chi connectivity index (χ1v) is 4.20. The number of hydrogen-bond donors (Lipinski definition) is 4. The molecule has 0 bridgehead atoms. The Morgan fingerprint density at radius 3 is 2.53 bits per heavy atom. The minimum absolute atomic E-state index is 0.250. The van der Waals surface area contributed by atoms with Gasteiger partial charge in [-0.1, -0.05) is 12.1 Å². The summed E-state index contributed by atoms with van der Waals surface area (Å²) in [5.41, 5.74) is 1.42. The molecule has 1 aromatic heterocycles. The molecule has 1 aromatic carbocycles. The number of benzene rings is 1. The maximum absolute atomic E-state index is 8.86. The molecule has 15 heavy (non-hydrogen) atoms. The fourth-order valence-electron chi connectivity index (χ4n) is 1.23. The minimum Gasteiger partial charge on any atom is -0.483 e. The van der Waals surface area contributed by atoms with Gasteiger partial charge in [0.25, 0.3) is 6.47 Å². The molecule has 0 aliphatic rings. The minimum atomic E-state index is -1.39. The van der Waals surface area contributed by atoms with E-state index in [0.29, 0.717) is 5.46 Å². The van der Waals surface area contributed by atoms with Crippen molar-refractivity contribution in [2.24, 2.45) is 0 Å². The molecular formula is C9H10BNO4. The third kappa shape index (κ3) is 2.83. The summed E-state index contributed by atoms with van der Waals surface area (Å²) in [7, 11) is -1.39. The number of aromatic amines is 1. The molecule has 78 valence electrons. The van der Waals surface area contributed by atoms with Gasteiger partial charge >= 0.3 is 7.12 Å². The zero-order valence-corrected chi connectivity index (χ0v) is 7.79. The highest BCUT2D eigenvalue weighted by Gasteiger charge is 2.10. The van der Waals surface area contributed by atoms with E-state index in [0.717, 1.165) is 10.9 Å². The number of fused-ring (bicyclic) bond motifs is 1. The van der Waals surface area contributed by atoms with E-state index in [4.69, 9.17) is 19.9 Å². The number of rotatable bonds is 1. The van der Waals surface area contributed by atoms with Crippen molar-refractivity contribution < 1.29 is 19.9 Å². The van der Waals surface area contributed by atoms with Crippen LogP contribution >= 0.6 is 0 Å². The monoisotopic (exact) mass is 207 g/mol. The Kier molecular flexibility index (Phi) is 3.90. The van der Waals surface area contributed by atoms with Crippen LogP contribution in [0.3, 0.4) is 0 Å². The van der Waals surface area contributed by atoms with E-state index in [1.807, 2.05) is 18.3 Å². The van der Waals surface area contributed by atoms with E-state index in [2.05, 4.69) is 4.98 Å². The van der Waals surface area contributed by atoms with E-state index in [1.165, 1.54) is 0 Å². The average molecular weight is 207 g/mol. The number of hydrogen-bond acceptors (Lipinski definition) is 3. The van der Waals surface area contributed by atoms with Gasteiger partial charge < -0.3 is 20.1 Å². The summed E-state index contributed by atoms with van der Waals surface area (Å²) in [5.74, 6) is 0. The number of aromatic nitrogens is 1. The molecule has 0 unspecified atom stereocenters. The molecule has 0 amide bonds. The van der Waals surface area contributed by atoms with Crippen LogP contribution in [-0.2, 0) is 4.79 Å². The number of nitrogens with one attached hydrogen (secondary N) is 1. The molecule has 4 N–H and O–H groups in total. The van der Waals surface area contributed by atoms with Gasteiger partial charge in [0.1, 0.15) is 0 Å². The van der Waals surface area contributed by atoms with Gasteiger partial charge in [-0.05, 0) is 23.0 Å². The summed E-state index contributed by atoms with van der Waals surface area (Å²) in [6.45, 7) is -0.250. The van der Waals surface area contributed by atoms with Gasteiger partial charge in [-0.25, -0.2) is 0 Å². The molecule has 0 radical (unpaired) electrons. The third-order valence-electron chi connectivity index (χ3n) is 1.88. The van der Waals surface area contributed by atoms with Gasteiger partial charge in [0.05, 0.1) is 0 Å². The van der Waals surface area contributed by atoms with Gasteiger partial charge in [-0.2, -0.15) is 0 Å². The molecule has 0 fully saturated rings. The average Bonchev–Trinajstić information content (AvgIpc) is 2.65. The highest BCUT2D eigenvalue weighted by atomic mass is 16.4. The summed E-state index contributed by atoms with van der Waals surface area (Å²) in [6, 6.07) is 7.20. The second kappa shape index (κ2) is 5.18. The van der Waals surface area contributed by atoms with Crippen molar-refractivity contribution in [3.8, 4) is 0 Å². The summed E-state index contributed by atoms with van der Waals surface area (Å²) in [6.07, 6.45) is 1.82. The molecule has 0 aliphatic heterocycles. The van der Waals surface area contributed by atoms with E-state index in [1.54, 1.807) is 12.1 Å². The van der Waals surface area contributed by atoms with Gasteiger partial charge in [-0.15, -0.1) is 0 Å². The van der Waals surface area contributed by atoms with Crippen molar-refractivity contribution in [3.05, 3.63) is 30.5 Å². The van der Waals surface area contributed by atoms with E-state index in [-0.39, 0.29) is 6.47 Å². The summed E-state index contributed by atoms with van der Waals surface area (Å²) >= 11 is 0. The molecule has 2 aromatic rings. The molecule has 0 spiro atoms. The SMILES string of the molecule is O=CO.OB(O)c1ccc2cc[nH]c2c1. The van der Waals surface area contributed by atoms with E-state index < -0.39 is 7.12 Å². The molecule has 0 saturated carbocycles. The first-order chi connectivity index (χ1) is 7.19. The fourth-order valence-corrected chi connectivity index (χ4v) is 1.23. The van der Waals surface area contributed by atoms with Gasteiger partial charge in [0.2, 0.25) is 0 Å². The second-order valence-corrected chi connectivity index (χ2v) is 2.80. The lowest BCUT2D eigenvalue weighted by atomic mass is 9.80. The third-order valence-corrected chi connectivity index (χ3v) is 1.88. The van der Waals surface area contributed by atoms with Gasteiger partial charge in [0, 0.05) is 11.7 Å². The number of H-pyrrole nitrogens is 1. The lowest BCUT2D eigenvalue weighted by molar-refractivity contribution is -0.122. The Hall–Kier alpha value is -1.79. The number of carboxylic acid groups (broad SMARTS) is 1. The highest BCUT2D eigenvalue weighted by molar-refractivity contribution is 6.58. The van der Waals surface area contributed by atoms with Crippen LogP contribution in [0.25, 0.3) is 10.9 Å². The Bertz CT molecular complexity index is 440. The van der Waals surface area contributed by atoms with Crippen LogP contribution in [0.5, 0.6) is 0 Å². The molecular weight excluding hydrogens is 197 g/mol. The normalized spacial score (nSPS) is 9.20. The van der Waals surface area contributed by atoms with Crippen molar-refractivity contribution in [1.29, 1.82) is 0 Å².